The van der Waals surface area contributed by atoms with E-state index in [4.69, 9.17) is 10.5 Å². The number of nitrogens with zero attached hydrogens (tertiary/aromatic N) is 1. The monoisotopic (exact) mass is 419 g/mol. The van der Waals surface area contributed by atoms with Gasteiger partial charge in [-0.25, -0.2) is 4.39 Å². The SMILES string of the molecule is Cc1ccccc1-c1c(F)c(C(N)=O)cc(C(=O)NC2CC2)c1OCc1ccccn1. The van der Waals surface area contributed by atoms with Crippen LogP contribution in [0.2, 0.25) is 0 Å². The third-order valence-electron chi connectivity index (χ3n) is 5.14. The van der Waals surface area contributed by atoms with Gasteiger partial charge in [0.25, 0.3) is 11.8 Å². The van der Waals surface area contributed by atoms with Gasteiger partial charge >= 0.3 is 0 Å². The van der Waals surface area contributed by atoms with Crippen molar-refractivity contribution in [3.8, 4) is 16.9 Å². The standard InChI is InChI=1S/C24H22FN3O3/c1-14-6-2-3-8-17(14)20-21(25)18(23(26)29)12-19(24(30)28-15-9-10-15)22(20)31-13-16-7-4-5-11-27-16/h2-8,11-12,15H,9-10,13H2,1H3,(H2,26,29)(H,28,30). The molecule has 1 fully saturated rings. The zero-order chi connectivity index (χ0) is 22.0. The Bertz CT molecular complexity index is 1140. The van der Waals surface area contributed by atoms with E-state index in [0.717, 1.165) is 18.4 Å². The molecule has 1 saturated carbocycles. The Morgan fingerprint density at radius 3 is 2.55 bits per heavy atom. The molecule has 158 valence electrons. The average Bonchev–Trinajstić information content (AvgIpc) is 3.57. The molecule has 1 aliphatic rings. The fourth-order valence-electron chi connectivity index (χ4n) is 3.35. The molecule has 4 rings (SSSR count). The van der Waals surface area contributed by atoms with E-state index >= 15 is 4.39 Å². The van der Waals surface area contributed by atoms with Gasteiger partial charge in [0.1, 0.15) is 18.2 Å². The number of hydrogen-bond acceptors (Lipinski definition) is 4. The maximum Gasteiger partial charge on any atom is 0.255 e. The number of aromatic nitrogens is 1. The number of nitrogens with one attached hydrogen (secondary N) is 1. The molecule has 0 bridgehead atoms. The summed E-state index contributed by atoms with van der Waals surface area (Å²) in [7, 11) is 0. The molecule has 7 heteroatoms. The van der Waals surface area contributed by atoms with Crippen LogP contribution in [-0.4, -0.2) is 22.8 Å². The number of halogens is 1. The molecule has 6 nitrogen and oxygen atoms in total. The molecule has 0 aliphatic heterocycles. The first-order chi connectivity index (χ1) is 15.0. The van der Waals surface area contributed by atoms with Crippen LogP contribution in [0.5, 0.6) is 5.75 Å². The zero-order valence-electron chi connectivity index (χ0n) is 17.0. The molecule has 0 unspecified atom stereocenters. The number of aryl methyl sites for hydroxylation is 1. The van der Waals surface area contributed by atoms with Crippen LogP contribution >= 0.6 is 0 Å². The van der Waals surface area contributed by atoms with Gasteiger partial charge in [0.15, 0.2) is 0 Å². The second-order valence-electron chi connectivity index (χ2n) is 7.53. The lowest BCUT2D eigenvalue weighted by molar-refractivity contribution is 0.0946. The molecule has 1 heterocycles. The highest BCUT2D eigenvalue weighted by molar-refractivity contribution is 6.04. The predicted octanol–water partition coefficient (Wildman–Crippen LogP) is 3.77. The Hall–Kier alpha value is -3.74. The highest BCUT2D eigenvalue weighted by Crippen LogP contribution is 2.40. The largest absolute Gasteiger partial charge is 0.486 e. The minimum absolute atomic E-state index is 0.0266. The maximum absolute atomic E-state index is 15.6. The first kappa shape index (κ1) is 20.5. The maximum atomic E-state index is 15.6. The van der Waals surface area contributed by atoms with Crippen LogP contribution in [0.25, 0.3) is 11.1 Å². The second-order valence-corrected chi connectivity index (χ2v) is 7.53. The van der Waals surface area contributed by atoms with Crippen LogP contribution in [0.4, 0.5) is 4.39 Å². The van der Waals surface area contributed by atoms with E-state index in [-0.39, 0.29) is 35.1 Å². The minimum atomic E-state index is -0.955. The van der Waals surface area contributed by atoms with Crippen molar-refractivity contribution >= 4 is 11.8 Å². The molecule has 2 aromatic carbocycles. The topological polar surface area (TPSA) is 94.3 Å². The molecule has 2 amide bonds. The summed E-state index contributed by atoms with van der Waals surface area (Å²) < 4.78 is 21.6. The van der Waals surface area contributed by atoms with Crippen LogP contribution < -0.4 is 15.8 Å². The number of hydrogen-bond donors (Lipinski definition) is 2. The lowest BCUT2D eigenvalue weighted by Gasteiger charge is -2.19. The van der Waals surface area contributed by atoms with E-state index in [2.05, 4.69) is 10.3 Å². The van der Waals surface area contributed by atoms with Crippen LogP contribution in [0.3, 0.4) is 0 Å². The molecule has 0 atom stereocenters. The zero-order valence-corrected chi connectivity index (χ0v) is 17.0. The highest BCUT2D eigenvalue weighted by atomic mass is 19.1. The van der Waals surface area contributed by atoms with Crippen molar-refractivity contribution in [2.24, 2.45) is 5.73 Å². The molecular formula is C24H22FN3O3. The van der Waals surface area contributed by atoms with Crippen molar-refractivity contribution in [1.82, 2.24) is 10.3 Å². The molecule has 0 saturated heterocycles. The molecule has 0 spiro atoms. The summed E-state index contributed by atoms with van der Waals surface area (Å²) in [6.07, 6.45) is 3.38. The molecule has 1 aromatic heterocycles. The van der Waals surface area contributed by atoms with Gasteiger partial charge in [-0.05, 0) is 49.1 Å². The Kier molecular flexibility index (Phi) is 5.66. The smallest absolute Gasteiger partial charge is 0.255 e. The fraction of sp³-hybridized carbons (Fsp3) is 0.208. The van der Waals surface area contributed by atoms with Crippen molar-refractivity contribution in [2.45, 2.75) is 32.4 Å². The minimum Gasteiger partial charge on any atom is -0.486 e. The normalized spacial score (nSPS) is 13.0. The molecular weight excluding hydrogens is 397 g/mol. The number of nitrogens with two attached hydrogens (primary N) is 1. The molecule has 3 aromatic rings. The number of benzene rings is 2. The number of ether oxygens (including phenoxy) is 1. The third-order valence-corrected chi connectivity index (χ3v) is 5.14. The van der Waals surface area contributed by atoms with Crippen LogP contribution in [0.15, 0.2) is 54.7 Å². The van der Waals surface area contributed by atoms with Gasteiger partial charge in [0.2, 0.25) is 0 Å². The summed E-state index contributed by atoms with van der Waals surface area (Å²) in [6, 6.07) is 13.7. The van der Waals surface area contributed by atoms with Crippen molar-refractivity contribution in [3.05, 3.63) is 82.9 Å². The summed E-state index contributed by atoms with van der Waals surface area (Å²) in [5.74, 6) is -2.15. The van der Waals surface area contributed by atoms with Gasteiger partial charge in [-0.2, -0.15) is 0 Å². The molecule has 3 N–H and O–H groups in total. The van der Waals surface area contributed by atoms with E-state index in [1.807, 2.05) is 25.1 Å². The number of primary amides is 1. The number of amides is 2. The Balaban J connectivity index is 1.90. The summed E-state index contributed by atoms with van der Waals surface area (Å²) in [5.41, 5.74) is 7.07. The lowest BCUT2D eigenvalue weighted by Crippen LogP contribution is -2.27. The molecule has 0 radical (unpaired) electrons. The van der Waals surface area contributed by atoms with Crippen LogP contribution in [0, 0.1) is 12.7 Å². The first-order valence-corrected chi connectivity index (χ1v) is 10.0. The summed E-state index contributed by atoms with van der Waals surface area (Å²) in [4.78, 5) is 29.2. The van der Waals surface area contributed by atoms with Crippen molar-refractivity contribution < 1.29 is 18.7 Å². The van der Waals surface area contributed by atoms with Gasteiger partial charge in [-0.1, -0.05) is 30.3 Å². The Morgan fingerprint density at radius 2 is 1.90 bits per heavy atom. The quantitative estimate of drug-likeness (QED) is 0.610. The van der Waals surface area contributed by atoms with Gasteiger partial charge in [0, 0.05) is 12.2 Å². The van der Waals surface area contributed by atoms with Crippen LogP contribution in [0.1, 0.15) is 44.8 Å². The van der Waals surface area contributed by atoms with E-state index in [0.29, 0.717) is 11.3 Å². The van der Waals surface area contributed by atoms with Gasteiger partial charge in [0.05, 0.1) is 22.4 Å². The van der Waals surface area contributed by atoms with Gasteiger partial charge < -0.3 is 15.8 Å². The van der Waals surface area contributed by atoms with Crippen molar-refractivity contribution in [3.63, 3.8) is 0 Å². The number of carbonyl (C=O) groups excluding carboxylic acids is 2. The number of rotatable bonds is 7. The summed E-state index contributed by atoms with van der Waals surface area (Å²) in [5, 5.41) is 2.88. The third kappa shape index (κ3) is 4.40. The first-order valence-electron chi connectivity index (χ1n) is 10.0. The molecule has 31 heavy (non-hydrogen) atoms. The second kappa shape index (κ2) is 8.55. The van der Waals surface area contributed by atoms with Crippen molar-refractivity contribution in [2.75, 3.05) is 0 Å². The van der Waals surface area contributed by atoms with Crippen LogP contribution in [-0.2, 0) is 6.61 Å². The van der Waals surface area contributed by atoms with E-state index < -0.39 is 17.6 Å². The number of carbonyl (C=O) groups is 2. The van der Waals surface area contributed by atoms with Crippen molar-refractivity contribution in [1.29, 1.82) is 0 Å². The van der Waals surface area contributed by atoms with E-state index in [9.17, 15) is 9.59 Å². The molecule has 1 aliphatic carbocycles. The average molecular weight is 419 g/mol. The van der Waals surface area contributed by atoms with Gasteiger partial charge in [-0.15, -0.1) is 0 Å². The summed E-state index contributed by atoms with van der Waals surface area (Å²) >= 11 is 0. The Labute approximate surface area is 179 Å². The Morgan fingerprint density at radius 1 is 1.16 bits per heavy atom. The lowest BCUT2D eigenvalue weighted by atomic mass is 9.93. The number of pyridine rings is 1. The van der Waals surface area contributed by atoms with Gasteiger partial charge in [-0.3, -0.25) is 14.6 Å². The van der Waals surface area contributed by atoms with E-state index in [1.165, 1.54) is 6.07 Å². The fourth-order valence-corrected chi connectivity index (χ4v) is 3.35. The predicted molar refractivity (Wildman–Crippen MR) is 114 cm³/mol. The highest BCUT2D eigenvalue weighted by Gasteiger charge is 2.30. The van der Waals surface area contributed by atoms with E-state index in [1.54, 1.807) is 30.5 Å². The summed E-state index contributed by atoms with van der Waals surface area (Å²) in [6.45, 7) is 1.84.